The summed E-state index contributed by atoms with van der Waals surface area (Å²) in [7, 11) is 0. The second kappa shape index (κ2) is 11.6. The van der Waals surface area contributed by atoms with Gasteiger partial charge in [0.25, 0.3) is 0 Å². The zero-order valence-corrected chi connectivity index (χ0v) is 15.2. The van der Waals surface area contributed by atoms with Crippen molar-refractivity contribution in [3.8, 4) is 0 Å². The van der Waals surface area contributed by atoms with Crippen LogP contribution in [-0.2, 0) is 11.2 Å². The van der Waals surface area contributed by atoms with Crippen LogP contribution in [0.2, 0.25) is 0 Å². The monoisotopic (exact) mass is 419 g/mol. The van der Waals surface area contributed by atoms with Gasteiger partial charge in [-0.25, -0.2) is 0 Å². The molecule has 0 amide bonds. The fourth-order valence-corrected chi connectivity index (χ4v) is 2.24. The van der Waals surface area contributed by atoms with E-state index in [0.29, 0.717) is 5.96 Å². The van der Waals surface area contributed by atoms with Crippen molar-refractivity contribution < 1.29 is 4.74 Å². The summed E-state index contributed by atoms with van der Waals surface area (Å²) in [5, 5.41) is 3.12. The molecule has 2 rings (SSSR count). The number of hydrogen-bond acceptors (Lipinski definition) is 4. The van der Waals surface area contributed by atoms with E-state index in [9.17, 15) is 0 Å². The van der Waals surface area contributed by atoms with Crippen LogP contribution in [0, 0.1) is 0 Å². The van der Waals surface area contributed by atoms with Crippen molar-refractivity contribution >= 4 is 29.9 Å². The van der Waals surface area contributed by atoms with Gasteiger partial charge < -0.3 is 15.8 Å². The molecule has 1 aromatic rings. The Balaban J connectivity index is 0.00000242. The molecule has 22 heavy (non-hydrogen) atoms. The number of nitrogens with zero attached hydrogens (tertiary/aromatic N) is 3. The molecule has 1 aliphatic heterocycles. The highest BCUT2D eigenvalue weighted by Crippen LogP contribution is 1.98. The summed E-state index contributed by atoms with van der Waals surface area (Å²) in [6.07, 6.45) is 3.69. The molecule has 1 aliphatic rings. The van der Waals surface area contributed by atoms with Crippen LogP contribution in [0.15, 0.2) is 29.4 Å². The number of rotatable bonds is 7. The van der Waals surface area contributed by atoms with Crippen LogP contribution in [0.3, 0.4) is 0 Å². The van der Waals surface area contributed by atoms with Crippen LogP contribution >= 0.6 is 24.0 Å². The molecule has 6 nitrogen and oxygen atoms in total. The first-order chi connectivity index (χ1) is 10.3. The number of nitrogens with two attached hydrogens (primary N) is 1. The summed E-state index contributed by atoms with van der Waals surface area (Å²) in [4.78, 5) is 11.0. The van der Waals surface area contributed by atoms with Crippen molar-refractivity contribution in [3.63, 3.8) is 0 Å². The highest BCUT2D eigenvalue weighted by Gasteiger charge is 2.08. The summed E-state index contributed by atoms with van der Waals surface area (Å²) < 4.78 is 5.32. The molecule has 0 spiro atoms. The maximum Gasteiger partial charge on any atom is 0.188 e. The number of morpholine rings is 1. The van der Waals surface area contributed by atoms with Crippen molar-refractivity contribution in [3.05, 3.63) is 30.1 Å². The second-order valence-corrected chi connectivity index (χ2v) is 5.07. The van der Waals surface area contributed by atoms with E-state index in [1.165, 1.54) is 0 Å². The fraction of sp³-hybridized carbons (Fsp3) is 0.600. The smallest absolute Gasteiger partial charge is 0.188 e. The van der Waals surface area contributed by atoms with Crippen LogP contribution in [0.1, 0.15) is 12.1 Å². The molecule has 2 heterocycles. The van der Waals surface area contributed by atoms with Crippen molar-refractivity contribution in [2.24, 2.45) is 10.7 Å². The molecule has 0 bridgehead atoms. The summed E-state index contributed by atoms with van der Waals surface area (Å²) in [6.45, 7) is 6.34. The number of ether oxygens (including phenoxy) is 1. The standard InChI is InChI=1S/C15H25N5O.HI/c16-15(19-8-5-14-4-1-2-6-17-14)18-7-3-9-20-10-12-21-13-11-20;/h1-2,4,6H,3,5,7-13H2,(H3,16,18,19);1H. The lowest BCUT2D eigenvalue weighted by atomic mass is 10.3. The van der Waals surface area contributed by atoms with Crippen molar-refractivity contribution in [2.45, 2.75) is 12.8 Å². The molecule has 0 radical (unpaired) electrons. The van der Waals surface area contributed by atoms with Gasteiger partial charge in [-0.3, -0.25) is 14.9 Å². The lowest BCUT2D eigenvalue weighted by molar-refractivity contribution is 0.0377. The van der Waals surface area contributed by atoms with E-state index in [2.05, 4.69) is 20.2 Å². The van der Waals surface area contributed by atoms with Gasteiger partial charge in [0, 0.05) is 51.0 Å². The summed E-state index contributed by atoms with van der Waals surface area (Å²) >= 11 is 0. The first-order valence-electron chi connectivity index (χ1n) is 7.58. The third kappa shape index (κ3) is 7.90. The molecular formula is C15H26IN5O. The molecular weight excluding hydrogens is 393 g/mol. The third-order valence-corrected chi connectivity index (χ3v) is 3.43. The van der Waals surface area contributed by atoms with Crippen LogP contribution in [0.25, 0.3) is 0 Å². The normalized spacial score (nSPS) is 16.1. The highest BCUT2D eigenvalue weighted by molar-refractivity contribution is 14.0. The maximum absolute atomic E-state index is 5.84. The zero-order valence-electron chi connectivity index (χ0n) is 12.9. The lowest BCUT2D eigenvalue weighted by Crippen LogP contribution is -2.37. The SMILES string of the molecule is I.NC(=NCCCN1CCOCC1)NCCc1ccccn1. The molecule has 0 aromatic carbocycles. The van der Waals surface area contributed by atoms with Crippen LogP contribution in [0.5, 0.6) is 0 Å². The minimum absolute atomic E-state index is 0. The molecule has 124 valence electrons. The number of aromatic nitrogens is 1. The third-order valence-electron chi connectivity index (χ3n) is 3.43. The van der Waals surface area contributed by atoms with Gasteiger partial charge in [-0.15, -0.1) is 24.0 Å². The van der Waals surface area contributed by atoms with Gasteiger partial charge in [0.2, 0.25) is 0 Å². The summed E-state index contributed by atoms with van der Waals surface area (Å²) in [6, 6.07) is 5.92. The largest absolute Gasteiger partial charge is 0.379 e. The van der Waals surface area contributed by atoms with Gasteiger partial charge in [-0.2, -0.15) is 0 Å². The first kappa shape index (κ1) is 19.1. The lowest BCUT2D eigenvalue weighted by Gasteiger charge is -2.26. The zero-order chi connectivity index (χ0) is 14.8. The molecule has 1 aromatic heterocycles. The Kier molecular flexibility index (Phi) is 10.1. The topological polar surface area (TPSA) is 75.8 Å². The Labute approximate surface area is 149 Å². The van der Waals surface area contributed by atoms with Gasteiger partial charge in [0.15, 0.2) is 5.96 Å². The second-order valence-electron chi connectivity index (χ2n) is 5.07. The Bertz CT molecular complexity index is 423. The molecule has 1 saturated heterocycles. The molecule has 0 atom stereocenters. The van der Waals surface area contributed by atoms with E-state index < -0.39 is 0 Å². The van der Waals surface area contributed by atoms with E-state index in [1.54, 1.807) is 6.20 Å². The predicted octanol–water partition coefficient (Wildman–Crippen LogP) is 0.869. The minimum atomic E-state index is 0. The number of guanidine groups is 1. The molecule has 3 N–H and O–H groups in total. The Morgan fingerprint density at radius 3 is 2.91 bits per heavy atom. The number of pyridine rings is 1. The van der Waals surface area contributed by atoms with Crippen molar-refractivity contribution in [2.75, 3.05) is 45.9 Å². The molecule has 0 unspecified atom stereocenters. The van der Waals surface area contributed by atoms with Gasteiger partial charge in [0.05, 0.1) is 13.2 Å². The van der Waals surface area contributed by atoms with E-state index in [4.69, 9.17) is 10.5 Å². The highest BCUT2D eigenvalue weighted by atomic mass is 127. The van der Waals surface area contributed by atoms with Gasteiger partial charge in [-0.05, 0) is 18.6 Å². The molecule has 0 aliphatic carbocycles. The average molecular weight is 419 g/mol. The molecule has 1 fully saturated rings. The van der Waals surface area contributed by atoms with Crippen LogP contribution < -0.4 is 11.1 Å². The van der Waals surface area contributed by atoms with Gasteiger partial charge >= 0.3 is 0 Å². The number of hydrogen-bond donors (Lipinski definition) is 2. The van der Waals surface area contributed by atoms with E-state index >= 15 is 0 Å². The molecule has 7 heteroatoms. The first-order valence-corrected chi connectivity index (χ1v) is 7.58. The maximum atomic E-state index is 5.84. The van der Waals surface area contributed by atoms with Crippen LogP contribution in [-0.4, -0.2) is 61.8 Å². The van der Waals surface area contributed by atoms with Crippen molar-refractivity contribution in [1.29, 1.82) is 0 Å². The predicted molar refractivity (Wildman–Crippen MR) is 99.7 cm³/mol. The fourth-order valence-electron chi connectivity index (χ4n) is 2.24. The number of aliphatic imine (C=N–C) groups is 1. The summed E-state index contributed by atoms with van der Waals surface area (Å²) in [5.41, 5.74) is 6.90. The minimum Gasteiger partial charge on any atom is -0.379 e. The van der Waals surface area contributed by atoms with E-state index in [-0.39, 0.29) is 24.0 Å². The van der Waals surface area contributed by atoms with Gasteiger partial charge in [-0.1, -0.05) is 6.07 Å². The number of nitrogens with one attached hydrogen (secondary N) is 1. The molecule has 0 saturated carbocycles. The Morgan fingerprint density at radius 2 is 2.18 bits per heavy atom. The quantitative estimate of drug-likeness (QED) is 0.297. The summed E-state index contributed by atoms with van der Waals surface area (Å²) in [5.74, 6) is 0.521. The average Bonchev–Trinajstić information content (AvgIpc) is 2.54. The Morgan fingerprint density at radius 1 is 1.36 bits per heavy atom. The van der Waals surface area contributed by atoms with E-state index in [0.717, 1.165) is 64.5 Å². The van der Waals surface area contributed by atoms with Crippen LogP contribution in [0.4, 0.5) is 0 Å². The number of halogens is 1. The van der Waals surface area contributed by atoms with Gasteiger partial charge in [0.1, 0.15) is 0 Å². The Hall–Kier alpha value is -0.930. The van der Waals surface area contributed by atoms with E-state index in [1.807, 2.05) is 18.2 Å². The van der Waals surface area contributed by atoms with Crippen molar-refractivity contribution in [1.82, 2.24) is 15.2 Å².